The van der Waals surface area contributed by atoms with Crippen LogP contribution in [0, 0.1) is 0 Å². The Morgan fingerprint density at radius 3 is 3.00 bits per heavy atom. The van der Waals surface area contributed by atoms with Crippen molar-refractivity contribution in [3.8, 4) is 0 Å². The van der Waals surface area contributed by atoms with Gasteiger partial charge in [-0.25, -0.2) is 4.98 Å². The van der Waals surface area contributed by atoms with Crippen molar-refractivity contribution in [3.05, 3.63) is 21.7 Å². The summed E-state index contributed by atoms with van der Waals surface area (Å²) in [6.45, 7) is 2.08. The van der Waals surface area contributed by atoms with E-state index in [2.05, 4.69) is 22.2 Å². The van der Waals surface area contributed by atoms with Crippen LogP contribution in [0.5, 0.6) is 0 Å². The molecule has 2 N–H and O–H groups in total. The highest BCUT2D eigenvalue weighted by Crippen LogP contribution is 2.38. The number of nitrogens with zero attached hydrogens (tertiary/aromatic N) is 1. The van der Waals surface area contributed by atoms with Gasteiger partial charge in [0.25, 0.3) is 5.56 Å². The van der Waals surface area contributed by atoms with E-state index < -0.39 is 0 Å². The maximum atomic E-state index is 11.1. The summed E-state index contributed by atoms with van der Waals surface area (Å²) in [6.07, 6.45) is 3.54. The molecular formula is C8H10ClN3O. The molecule has 0 amide bonds. The number of H-pyrrole nitrogens is 1. The molecule has 1 fully saturated rings. The van der Waals surface area contributed by atoms with Crippen LogP contribution in [-0.2, 0) is 0 Å². The average molecular weight is 200 g/mol. The fourth-order valence-corrected chi connectivity index (χ4v) is 1.22. The number of aromatic amines is 1. The molecule has 1 aliphatic carbocycles. The Kier molecular flexibility index (Phi) is 1.80. The lowest BCUT2D eigenvalue weighted by molar-refractivity contribution is 0.818. The number of hydrogen-bond donors (Lipinski definition) is 2. The fraction of sp³-hybridized carbons (Fsp3) is 0.500. The Morgan fingerprint density at radius 1 is 1.69 bits per heavy atom. The Labute approximate surface area is 80.3 Å². The molecule has 4 nitrogen and oxygen atoms in total. The molecule has 0 aliphatic heterocycles. The Balaban J connectivity index is 2.30. The van der Waals surface area contributed by atoms with Gasteiger partial charge in [0.2, 0.25) is 0 Å². The SMILES string of the molecule is CC1(Nc2nc[nH]c(=O)c2Cl)CC1. The minimum absolute atomic E-state index is 0.0877. The number of aromatic nitrogens is 2. The number of anilines is 1. The van der Waals surface area contributed by atoms with Crippen molar-refractivity contribution in [1.82, 2.24) is 9.97 Å². The van der Waals surface area contributed by atoms with E-state index in [4.69, 9.17) is 11.6 Å². The van der Waals surface area contributed by atoms with E-state index in [1.807, 2.05) is 0 Å². The molecule has 1 aliphatic rings. The first-order chi connectivity index (χ1) is 6.11. The Morgan fingerprint density at radius 2 is 2.38 bits per heavy atom. The summed E-state index contributed by atoms with van der Waals surface area (Å²) in [7, 11) is 0. The number of hydrogen-bond acceptors (Lipinski definition) is 3. The fourth-order valence-electron chi connectivity index (χ4n) is 1.07. The quantitative estimate of drug-likeness (QED) is 0.757. The lowest BCUT2D eigenvalue weighted by atomic mass is 10.3. The highest BCUT2D eigenvalue weighted by Gasteiger charge is 2.38. The molecular weight excluding hydrogens is 190 g/mol. The molecule has 0 unspecified atom stereocenters. The topological polar surface area (TPSA) is 57.8 Å². The molecule has 0 radical (unpaired) electrons. The van der Waals surface area contributed by atoms with Gasteiger partial charge < -0.3 is 10.3 Å². The van der Waals surface area contributed by atoms with Crippen molar-refractivity contribution in [1.29, 1.82) is 0 Å². The van der Waals surface area contributed by atoms with Gasteiger partial charge in [-0.3, -0.25) is 4.79 Å². The molecule has 1 saturated carbocycles. The third-order valence-electron chi connectivity index (χ3n) is 2.22. The van der Waals surface area contributed by atoms with Gasteiger partial charge in [0.05, 0.1) is 6.33 Å². The van der Waals surface area contributed by atoms with Crippen molar-refractivity contribution < 1.29 is 0 Å². The van der Waals surface area contributed by atoms with Crippen LogP contribution in [-0.4, -0.2) is 15.5 Å². The van der Waals surface area contributed by atoms with E-state index >= 15 is 0 Å². The van der Waals surface area contributed by atoms with Crippen LogP contribution in [0.25, 0.3) is 0 Å². The second-order valence-corrected chi connectivity index (χ2v) is 3.96. The minimum atomic E-state index is -0.302. The Bertz CT molecular complexity index is 383. The molecule has 0 spiro atoms. The van der Waals surface area contributed by atoms with E-state index in [0.29, 0.717) is 5.82 Å². The van der Waals surface area contributed by atoms with Crippen LogP contribution in [0.2, 0.25) is 5.02 Å². The van der Waals surface area contributed by atoms with Crippen LogP contribution in [0.4, 0.5) is 5.82 Å². The summed E-state index contributed by atoms with van der Waals surface area (Å²) in [6, 6.07) is 0. The highest BCUT2D eigenvalue weighted by atomic mass is 35.5. The van der Waals surface area contributed by atoms with Crippen molar-refractivity contribution in [2.75, 3.05) is 5.32 Å². The summed E-state index contributed by atoms with van der Waals surface area (Å²) in [4.78, 5) is 17.5. The predicted molar refractivity (Wildman–Crippen MR) is 51.1 cm³/mol. The number of nitrogens with one attached hydrogen (secondary N) is 2. The van der Waals surface area contributed by atoms with E-state index in [1.165, 1.54) is 6.33 Å². The summed E-state index contributed by atoms with van der Waals surface area (Å²) in [5, 5.41) is 3.27. The average Bonchev–Trinajstić information content (AvgIpc) is 2.78. The molecule has 1 aromatic heterocycles. The molecule has 2 rings (SSSR count). The van der Waals surface area contributed by atoms with Crippen molar-refractivity contribution >= 4 is 17.4 Å². The zero-order chi connectivity index (χ0) is 9.47. The van der Waals surface area contributed by atoms with Crippen molar-refractivity contribution in [2.24, 2.45) is 0 Å². The van der Waals surface area contributed by atoms with Gasteiger partial charge in [0.1, 0.15) is 5.02 Å². The smallest absolute Gasteiger partial charge is 0.271 e. The van der Waals surface area contributed by atoms with Crippen molar-refractivity contribution in [3.63, 3.8) is 0 Å². The van der Waals surface area contributed by atoms with Gasteiger partial charge in [-0.05, 0) is 19.8 Å². The maximum Gasteiger partial charge on any atom is 0.271 e. The van der Waals surface area contributed by atoms with E-state index in [0.717, 1.165) is 12.8 Å². The van der Waals surface area contributed by atoms with Crippen LogP contribution >= 0.6 is 11.6 Å². The van der Waals surface area contributed by atoms with Gasteiger partial charge >= 0.3 is 0 Å². The lowest BCUT2D eigenvalue weighted by Gasteiger charge is -2.11. The Hall–Kier alpha value is -1.03. The molecule has 70 valence electrons. The monoisotopic (exact) mass is 199 g/mol. The van der Waals surface area contributed by atoms with Gasteiger partial charge in [0.15, 0.2) is 5.82 Å². The van der Waals surface area contributed by atoms with Gasteiger partial charge in [-0.1, -0.05) is 11.6 Å². The molecule has 1 aromatic rings. The normalized spacial score (nSPS) is 18.3. The predicted octanol–water partition coefficient (Wildman–Crippen LogP) is 1.39. The summed E-state index contributed by atoms with van der Waals surface area (Å²) in [5.74, 6) is 0.477. The van der Waals surface area contributed by atoms with Crippen molar-refractivity contribution in [2.45, 2.75) is 25.3 Å². The third kappa shape index (κ3) is 1.67. The summed E-state index contributed by atoms with van der Waals surface area (Å²) >= 11 is 5.76. The van der Waals surface area contributed by atoms with E-state index in [1.54, 1.807) is 0 Å². The standard InChI is InChI=1S/C8H10ClN3O/c1-8(2-3-8)12-6-5(9)7(13)11-4-10-6/h4H,2-3H2,1H3,(H2,10,11,12,13). The molecule has 0 atom stereocenters. The molecule has 13 heavy (non-hydrogen) atoms. The molecule has 0 aromatic carbocycles. The van der Waals surface area contributed by atoms with Crippen LogP contribution < -0.4 is 10.9 Å². The summed E-state index contributed by atoms with van der Waals surface area (Å²) < 4.78 is 0. The van der Waals surface area contributed by atoms with E-state index in [9.17, 15) is 4.79 Å². The van der Waals surface area contributed by atoms with Crippen LogP contribution in [0.1, 0.15) is 19.8 Å². The molecule has 1 heterocycles. The third-order valence-corrected chi connectivity index (χ3v) is 2.57. The molecule has 0 bridgehead atoms. The zero-order valence-electron chi connectivity index (χ0n) is 7.22. The van der Waals surface area contributed by atoms with Gasteiger partial charge in [-0.15, -0.1) is 0 Å². The van der Waals surface area contributed by atoms with E-state index in [-0.39, 0.29) is 16.1 Å². The maximum absolute atomic E-state index is 11.1. The molecule has 5 heteroatoms. The highest BCUT2D eigenvalue weighted by molar-refractivity contribution is 6.32. The lowest BCUT2D eigenvalue weighted by Crippen LogP contribution is -2.20. The first-order valence-corrected chi connectivity index (χ1v) is 4.50. The first kappa shape index (κ1) is 8.56. The minimum Gasteiger partial charge on any atom is -0.363 e. The first-order valence-electron chi connectivity index (χ1n) is 4.12. The van der Waals surface area contributed by atoms with Crippen LogP contribution in [0.3, 0.4) is 0 Å². The second-order valence-electron chi connectivity index (χ2n) is 3.58. The van der Waals surface area contributed by atoms with Gasteiger partial charge in [-0.2, -0.15) is 0 Å². The number of rotatable bonds is 2. The second kappa shape index (κ2) is 2.73. The van der Waals surface area contributed by atoms with Gasteiger partial charge in [0, 0.05) is 5.54 Å². The molecule has 0 saturated heterocycles. The number of halogens is 1. The summed E-state index contributed by atoms with van der Waals surface area (Å²) in [5.41, 5.74) is -0.215. The largest absolute Gasteiger partial charge is 0.363 e. The van der Waals surface area contributed by atoms with Crippen LogP contribution in [0.15, 0.2) is 11.1 Å². The zero-order valence-corrected chi connectivity index (χ0v) is 7.98.